The van der Waals surface area contributed by atoms with E-state index in [1.165, 1.54) is 35.2 Å². The van der Waals surface area contributed by atoms with Gasteiger partial charge in [-0.1, -0.05) is 74.2 Å². The molecule has 3 aromatic heterocycles. The third-order valence-electron chi connectivity index (χ3n) is 18.0. The monoisotopic (exact) mass is 1450 g/mol. The number of aryl methyl sites for hydroxylation is 2. The Kier molecular flexibility index (Phi) is 30.9. The van der Waals surface area contributed by atoms with E-state index in [0.29, 0.717) is 55.6 Å². The summed E-state index contributed by atoms with van der Waals surface area (Å²) in [5, 5.41) is 23.3. The molecular weight excluding hydrogens is 1350 g/mol. The first kappa shape index (κ1) is 80.2. The Morgan fingerprint density at radius 2 is 1.10 bits per heavy atom. The zero-order valence-corrected chi connectivity index (χ0v) is 60.9. The first-order valence-corrected chi connectivity index (χ1v) is 35.5. The largest absolute Gasteiger partial charge is 0.486 e. The fourth-order valence-electron chi connectivity index (χ4n) is 12.0. The van der Waals surface area contributed by atoms with Crippen LogP contribution in [0.3, 0.4) is 0 Å². The van der Waals surface area contributed by atoms with Crippen LogP contribution in [0.15, 0.2) is 135 Å². The van der Waals surface area contributed by atoms with Crippen molar-refractivity contribution in [3.8, 4) is 5.75 Å². The molecule has 0 fully saturated rings. The van der Waals surface area contributed by atoms with E-state index < -0.39 is 64.6 Å². The van der Waals surface area contributed by atoms with Gasteiger partial charge in [-0.15, -0.1) is 0 Å². The molecule has 2 aromatic carbocycles. The molecule has 2 atom stereocenters. The summed E-state index contributed by atoms with van der Waals surface area (Å²) < 4.78 is 27.2. The molecule has 564 valence electrons. The number of allylic oxidation sites excluding steroid dienone is 1. The van der Waals surface area contributed by atoms with Crippen LogP contribution in [-0.4, -0.2) is 225 Å². The quantitative estimate of drug-likeness (QED) is 0.0498. The van der Waals surface area contributed by atoms with E-state index in [2.05, 4.69) is 49.1 Å². The average molecular weight is 1450 g/mol. The molecule has 2 unspecified atom stereocenters. The maximum atomic E-state index is 14.5. The van der Waals surface area contributed by atoms with Gasteiger partial charge in [0.05, 0.1) is 36.7 Å². The van der Waals surface area contributed by atoms with E-state index in [4.69, 9.17) is 18.9 Å². The van der Waals surface area contributed by atoms with Crippen molar-refractivity contribution in [3.63, 3.8) is 0 Å². The second-order valence-electron chi connectivity index (χ2n) is 25.7. The van der Waals surface area contributed by atoms with E-state index in [1.54, 1.807) is 68.1 Å². The van der Waals surface area contributed by atoms with Crippen molar-refractivity contribution in [2.75, 3.05) is 144 Å². The van der Waals surface area contributed by atoms with Gasteiger partial charge in [-0.25, -0.2) is 0 Å². The van der Waals surface area contributed by atoms with E-state index >= 15 is 0 Å². The minimum Gasteiger partial charge on any atom is -0.486 e. The summed E-state index contributed by atoms with van der Waals surface area (Å²) in [6.45, 7) is 17.3. The number of benzene rings is 2. The second-order valence-corrected chi connectivity index (χ2v) is 25.7. The van der Waals surface area contributed by atoms with Crippen molar-refractivity contribution >= 4 is 47.3 Å². The third kappa shape index (κ3) is 23.7. The SMILES string of the molecule is C=C1C(OCc2ccccc2)=C2C=C(C)N1CC(=O)NCCN1CCNC(=O)Cn3ccc(c(OCc4ccccc4)c3=O)C(=O)NCCN(CCNC2=O)CCNC(=O)c2cc(C)n(c(=O)c2C)CC(=O)NCCN(CCNC(=O)Cn2c(C)cc(C(=O)NCCOCCOCCC)c(C)c2=O)CC1. The number of rotatable bonds is 20. The van der Waals surface area contributed by atoms with Crippen molar-refractivity contribution in [2.24, 2.45) is 0 Å². The lowest BCUT2D eigenvalue weighted by molar-refractivity contribution is -0.122. The number of hydrogen-bond donors (Lipinski definition) is 8. The topological polar surface area (TPSA) is 349 Å². The van der Waals surface area contributed by atoms with E-state index in [0.717, 1.165) is 16.6 Å². The Morgan fingerprint density at radius 3 is 1.73 bits per heavy atom. The predicted octanol–water partition coefficient (Wildman–Crippen LogP) is 0.736. The van der Waals surface area contributed by atoms with Crippen LogP contribution >= 0.6 is 0 Å². The number of carbonyl (C=O) groups is 8. The summed E-state index contributed by atoms with van der Waals surface area (Å²) in [6.07, 6.45) is 3.86. The van der Waals surface area contributed by atoms with E-state index in [9.17, 15) is 52.7 Å². The lowest BCUT2D eigenvalue weighted by Gasteiger charge is -2.33. The lowest BCUT2D eigenvalue weighted by Crippen LogP contribution is -2.47. The van der Waals surface area contributed by atoms with Crippen LogP contribution in [0, 0.1) is 27.7 Å². The zero-order chi connectivity index (χ0) is 75.4. The standard InChI is InChI=1S/C75H99N15O15/c1-8-38-102-40-41-103-39-27-83-71(97)61-43-53(4)90(74(100)55(61)6)48-66(94)79-23-32-86-31-22-78-65(93)47-89-52(3)42-60(54(5)73(89)99)70(96)81-25-34-84-33-24-80-69(95)59-19-28-87(75(101)68(59)105-50-58-17-13-10-14-18-58)45-63(91)76-20-29-85(36-37-86)30-21-77-64(92)46-88-51(2)44-62(72(98)82-26-35-84)67(56(88)7)104-49-57-15-11-9-12-16-57/h9-19,28,42-44H,7-8,20-27,29-41,45-50H2,1-6H3,(H,76,91)(H,77,92)(H,78,93)(H,79,94)(H,80,95)(H,81,96)(H,82,98)(H,83,97). The first-order chi connectivity index (χ1) is 50.6. The van der Waals surface area contributed by atoms with Gasteiger partial charge in [0, 0.05) is 163 Å². The highest BCUT2D eigenvalue weighted by atomic mass is 16.5. The molecule has 15 heterocycles. The number of pyridine rings is 3. The molecule has 8 N–H and O–H groups in total. The van der Waals surface area contributed by atoms with Crippen LogP contribution < -0.4 is 63.9 Å². The number of nitrogens with one attached hydrogen (secondary N) is 8. The molecule has 30 heteroatoms. The highest BCUT2D eigenvalue weighted by Crippen LogP contribution is 2.30. The highest BCUT2D eigenvalue weighted by Gasteiger charge is 2.30. The number of nitrogens with zero attached hydrogens (tertiary/aromatic N) is 7. The summed E-state index contributed by atoms with van der Waals surface area (Å²) in [5.41, 5.74) is 1.83. The van der Waals surface area contributed by atoms with Gasteiger partial charge in [-0.05, 0) is 76.4 Å². The number of amides is 8. The number of aromatic nitrogens is 3. The molecule has 12 aliphatic heterocycles. The maximum absolute atomic E-state index is 14.5. The van der Waals surface area contributed by atoms with Gasteiger partial charge in [-0.3, -0.25) is 67.4 Å². The Hall–Kier alpha value is -10.5. The predicted molar refractivity (Wildman–Crippen MR) is 393 cm³/mol. The summed E-state index contributed by atoms with van der Waals surface area (Å²) in [7, 11) is 0. The smallest absolute Gasteiger partial charge is 0.294 e. The highest BCUT2D eigenvalue weighted by molar-refractivity contribution is 5.99. The molecule has 12 aliphatic rings. The fraction of sp³-hybridized carbons (Fsp3) is 0.453. The third-order valence-corrected chi connectivity index (χ3v) is 18.0. The Bertz CT molecular complexity index is 4170. The molecule has 17 rings (SSSR count). The van der Waals surface area contributed by atoms with Crippen molar-refractivity contribution in [1.82, 2.24) is 75.8 Å². The van der Waals surface area contributed by atoms with Gasteiger partial charge in [0.1, 0.15) is 39.4 Å². The summed E-state index contributed by atoms with van der Waals surface area (Å²) in [5.74, 6) is -4.22. The Labute approximate surface area is 610 Å². The Morgan fingerprint density at radius 1 is 0.533 bits per heavy atom. The van der Waals surface area contributed by atoms with Crippen molar-refractivity contribution in [2.45, 2.75) is 80.8 Å². The minimum absolute atomic E-state index is 0.00930. The summed E-state index contributed by atoms with van der Waals surface area (Å²) in [4.78, 5) is 161. The summed E-state index contributed by atoms with van der Waals surface area (Å²) >= 11 is 0. The maximum Gasteiger partial charge on any atom is 0.294 e. The minimum atomic E-state index is -0.739. The van der Waals surface area contributed by atoms with Crippen molar-refractivity contribution < 1.29 is 57.3 Å². The summed E-state index contributed by atoms with van der Waals surface area (Å²) in [6, 6.07) is 22.9. The van der Waals surface area contributed by atoms with E-state index in [1.807, 2.05) is 58.0 Å². The van der Waals surface area contributed by atoms with Gasteiger partial charge in [0.2, 0.25) is 23.6 Å². The molecule has 105 heavy (non-hydrogen) atoms. The molecule has 8 bridgehead atoms. The van der Waals surface area contributed by atoms with Gasteiger partial charge in [0.25, 0.3) is 40.3 Å². The van der Waals surface area contributed by atoms with Gasteiger partial charge >= 0.3 is 0 Å². The molecule has 30 nitrogen and oxygen atoms in total. The number of carbonyl (C=O) groups excluding carboxylic acids is 8. The van der Waals surface area contributed by atoms with Crippen LogP contribution in [-0.2, 0) is 71.0 Å². The molecule has 0 radical (unpaired) electrons. The fourth-order valence-corrected chi connectivity index (χ4v) is 12.0. The second kappa shape index (κ2) is 40.5. The number of hydrogen-bond acceptors (Lipinski definition) is 19. The van der Waals surface area contributed by atoms with Gasteiger partial charge in [-0.2, -0.15) is 0 Å². The molecule has 0 spiro atoms. The average Bonchev–Trinajstić information content (AvgIpc) is 0.813. The van der Waals surface area contributed by atoms with Crippen molar-refractivity contribution in [3.05, 3.63) is 202 Å². The van der Waals surface area contributed by atoms with Crippen LogP contribution in [0.1, 0.15) is 85.0 Å². The van der Waals surface area contributed by atoms with Crippen LogP contribution in [0.2, 0.25) is 0 Å². The normalized spacial score (nSPS) is 17.6. The molecule has 0 saturated carbocycles. The molecular formula is C75H99N15O15. The number of ether oxygens (including phenoxy) is 4. The lowest BCUT2D eigenvalue weighted by atomic mass is 10.0. The van der Waals surface area contributed by atoms with E-state index in [-0.39, 0.29) is 194 Å². The van der Waals surface area contributed by atoms with Crippen LogP contribution in [0.25, 0.3) is 0 Å². The molecule has 0 saturated heterocycles. The van der Waals surface area contributed by atoms with Crippen LogP contribution in [0.4, 0.5) is 0 Å². The first-order valence-electron chi connectivity index (χ1n) is 35.5. The van der Waals surface area contributed by atoms with Crippen molar-refractivity contribution in [1.29, 1.82) is 0 Å². The molecule has 8 amide bonds. The zero-order valence-electron chi connectivity index (χ0n) is 60.9. The molecule has 0 aliphatic carbocycles. The van der Waals surface area contributed by atoms with Gasteiger partial charge < -0.3 is 80.1 Å². The van der Waals surface area contributed by atoms with Gasteiger partial charge in [0.15, 0.2) is 11.5 Å². The Balaban J connectivity index is 1.09. The van der Waals surface area contributed by atoms with Crippen LogP contribution in [0.5, 0.6) is 5.75 Å². The molecule has 5 aromatic rings.